The van der Waals surface area contributed by atoms with Gasteiger partial charge in [0.05, 0.1) is 11.7 Å². The molecule has 1 heterocycles. The molecule has 4 nitrogen and oxygen atoms in total. The summed E-state index contributed by atoms with van der Waals surface area (Å²) in [6.45, 7) is 6.23. The SMILES string of the molecule is CC1OC(C)(C)CNC1C(=O)O. The highest BCUT2D eigenvalue weighted by Gasteiger charge is 2.36. The van der Waals surface area contributed by atoms with E-state index in [-0.39, 0.29) is 11.7 Å². The highest BCUT2D eigenvalue weighted by atomic mass is 16.5. The van der Waals surface area contributed by atoms with Crippen LogP contribution in [0.4, 0.5) is 0 Å². The minimum Gasteiger partial charge on any atom is -0.480 e. The second-order valence-corrected chi connectivity index (χ2v) is 3.78. The van der Waals surface area contributed by atoms with Gasteiger partial charge in [-0.1, -0.05) is 0 Å². The molecular formula is C8H15NO3. The van der Waals surface area contributed by atoms with Crippen molar-refractivity contribution in [2.45, 2.75) is 38.5 Å². The molecule has 1 aliphatic heterocycles. The van der Waals surface area contributed by atoms with E-state index in [0.717, 1.165) is 0 Å². The number of hydrogen-bond acceptors (Lipinski definition) is 3. The van der Waals surface area contributed by atoms with Crippen molar-refractivity contribution in [2.75, 3.05) is 6.54 Å². The van der Waals surface area contributed by atoms with Crippen LogP contribution < -0.4 is 5.32 Å². The Morgan fingerprint density at radius 1 is 1.67 bits per heavy atom. The lowest BCUT2D eigenvalue weighted by Gasteiger charge is -2.38. The van der Waals surface area contributed by atoms with Crippen LogP contribution in [0, 0.1) is 0 Å². The molecule has 0 saturated carbocycles. The van der Waals surface area contributed by atoms with Crippen LogP contribution in [0.5, 0.6) is 0 Å². The Balaban J connectivity index is 2.60. The van der Waals surface area contributed by atoms with Crippen molar-refractivity contribution in [1.29, 1.82) is 0 Å². The van der Waals surface area contributed by atoms with Gasteiger partial charge in [0.25, 0.3) is 0 Å². The Kier molecular flexibility index (Phi) is 2.39. The fraction of sp³-hybridized carbons (Fsp3) is 0.875. The lowest BCUT2D eigenvalue weighted by molar-refractivity contribution is -0.156. The van der Waals surface area contributed by atoms with Crippen molar-refractivity contribution in [2.24, 2.45) is 0 Å². The largest absolute Gasteiger partial charge is 0.480 e. The lowest BCUT2D eigenvalue weighted by Crippen LogP contribution is -2.58. The van der Waals surface area contributed by atoms with E-state index >= 15 is 0 Å². The molecule has 0 aromatic heterocycles. The van der Waals surface area contributed by atoms with E-state index in [9.17, 15) is 4.79 Å². The molecule has 1 fully saturated rings. The fourth-order valence-corrected chi connectivity index (χ4v) is 1.42. The Hall–Kier alpha value is -0.610. The van der Waals surface area contributed by atoms with Gasteiger partial charge in [-0.3, -0.25) is 10.1 Å². The van der Waals surface area contributed by atoms with Crippen LogP contribution in [-0.2, 0) is 9.53 Å². The number of hydrogen-bond donors (Lipinski definition) is 2. The average molecular weight is 173 g/mol. The van der Waals surface area contributed by atoms with Gasteiger partial charge in [-0.2, -0.15) is 0 Å². The standard InChI is InChI=1S/C8H15NO3/c1-5-6(7(10)11)9-4-8(2,3)12-5/h5-6,9H,4H2,1-3H3,(H,10,11). The van der Waals surface area contributed by atoms with E-state index in [1.807, 2.05) is 13.8 Å². The van der Waals surface area contributed by atoms with Crippen molar-refractivity contribution >= 4 is 5.97 Å². The van der Waals surface area contributed by atoms with Gasteiger partial charge in [-0.25, -0.2) is 0 Å². The summed E-state index contributed by atoms with van der Waals surface area (Å²) in [6, 6.07) is -0.571. The number of morpholine rings is 1. The number of nitrogens with one attached hydrogen (secondary N) is 1. The highest BCUT2D eigenvalue weighted by Crippen LogP contribution is 2.18. The summed E-state index contributed by atoms with van der Waals surface area (Å²) in [4.78, 5) is 10.6. The molecule has 4 heteroatoms. The van der Waals surface area contributed by atoms with E-state index < -0.39 is 12.0 Å². The Morgan fingerprint density at radius 2 is 2.25 bits per heavy atom. The molecule has 1 saturated heterocycles. The second kappa shape index (κ2) is 3.03. The third-order valence-electron chi connectivity index (χ3n) is 1.99. The predicted molar refractivity (Wildman–Crippen MR) is 44.1 cm³/mol. The summed E-state index contributed by atoms with van der Waals surface area (Å²) in [7, 11) is 0. The maximum absolute atomic E-state index is 10.6. The zero-order valence-corrected chi connectivity index (χ0v) is 7.63. The number of carboxylic acid groups (broad SMARTS) is 1. The number of rotatable bonds is 1. The Bertz CT molecular complexity index is 191. The smallest absolute Gasteiger partial charge is 0.323 e. The summed E-state index contributed by atoms with van der Waals surface area (Å²) in [5.74, 6) is -0.849. The summed E-state index contributed by atoms with van der Waals surface area (Å²) >= 11 is 0. The van der Waals surface area contributed by atoms with Gasteiger partial charge in [0.15, 0.2) is 0 Å². The van der Waals surface area contributed by atoms with E-state index in [1.54, 1.807) is 6.92 Å². The van der Waals surface area contributed by atoms with Crippen molar-refractivity contribution in [3.05, 3.63) is 0 Å². The number of ether oxygens (including phenoxy) is 1. The first-order valence-corrected chi connectivity index (χ1v) is 4.06. The number of carbonyl (C=O) groups is 1. The van der Waals surface area contributed by atoms with Crippen molar-refractivity contribution in [3.63, 3.8) is 0 Å². The monoisotopic (exact) mass is 173 g/mol. The molecule has 12 heavy (non-hydrogen) atoms. The average Bonchev–Trinajstić information content (AvgIpc) is 1.83. The van der Waals surface area contributed by atoms with E-state index in [4.69, 9.17) is 9.84 Å². The minimum atomic E-state index is -0.849. The van der Waals surface area contributed by atoms with Crippen molar-refractivity contribution in [3.8, 4) is 0 Å². The number of carboxylic acids is 1. The van der Waals surface area contributed by atoms with Gasteiger partial charge in [0.2, 0.25) is 0 Å². The molecule has 1 aliphatic rings. The van der Waals surface area contributed by atoms with Crippen LogP contribution in [0.2, 0.25) is 0 Å². The summed E-state index contributed by atoms with van der Waals surface area (Å²) in [6.07, 6.45) is -0.272. The molecule has 0 aliphatic carbocycles. The maximum Gasteiger partial charge on any atom is 0.323 e. The van der Waals surface area contributed by atoms with Gasteiger partial charge in [0, 0.05) is 6.54 Å². The summed E-state index contributed by atoms with van der Waals surface area (Å²) in [5.41, 5.74) is -0.259. The molecule has 70 valence electrons. The zero-order valence-electron chi connectivity index (χ0n) is 7.63. The van der Waals surface area contributed by atoms with Crippen LogP contribution in [0.1, 0.15) is 20.8 Å². The molecule has 0 radical (unpaired) electrons. The van der Waals surface area contributed by atoms with Crippen molar-refractivity contribution < 1.29 is 14.6 Å². The third kappa shape index (κ3) is 1.95. The van der Waals surface area contributed by atoms with Crippen LogP contribution in [0.15, 0.2) is 0 Å². The van der Waals surface area contributed by atoms with Gasteiger partial charge >= 0.3 is 5.97 Å². The van der Waals surface area contributed by atoms with Gasteiger partial charge in [-0.05, 0) is 20.8 Å². The molecule has 2 N–H and O–H groups in total. The zero-order chi connectivity index (χ0) is 9.35. The normalized spacial score (nSPS) is 34.6. The molecule has 2 unspecified atom stereocenters. The molecule has 0 aromatic carbocycles. The third-order valence-corrected chi connectivity index (χ3v) is 1.99. The molecule has 0 bridgehead atoms. The van der Waals surface area contributed by atoms with Gasteiger partial charge in [-0.15, -0.1) is 0 Å². The second-order valence-electron chi connectivity index (χ2n) is 3.78. The van der Waals surface area contributed by atoms with Crippen LogP contribution >= 0.6 is 0 Å². The van der Waals surface area contributed by atoms with E-state index in [0.29, 0.717) is 6.54 Å². The van der Waals surface area contributed by atoms with Crippen LogP contribution in [0.25, 0.3) is 0 Å². The van der Waals surface area contributed by atoms with Gasteiger partial charge < -0.3 is 9.84 Å². The fourth-order valence-electron chi connectivity index (χ4n) is 1.42. The number of aliphatic carboxylic acids is 1. The quantitative estimate of drug-likeness (QED) is 0.596. The first-order valence-electron chi connectivity index (χ1n) is 4.06. The summed E-state index contributed by atoms with van der Waals surface area (Å²) in [5, 5.41) is 11.7. The van der Waals surface area contributed by atoms with Crippen LogP contribution in [0.3, 0.4) is 0 Å². The predicted octanol–water partition coefficient (Wildman–Crippen LogP) is 0.226. The Labute approximate surface area is 71.9 Å². The molecule has 2 atom stereocenters. The molecule has 0 aromatic rings. The van der Waals surface area contributed by atoms with E-state index in [2.05, 4.69) is 5.32 Å². The summed E-state index contributed by atoms with van der Waals surface area (Å²) < 4.78 is 5.50. The molecule has 0 amide bonds. The first-order chi connectivity index (χ1) is 5.42. The topological polar surface area (TPSA) is 58.6 Å². The van der Waals surface area contributed by atoms with E-state index in [1.165, 1.54) is 0 Å². The highest BCUT2D eigenvalue weighted by molar-refractivity contribution is 5.74. The molecule has 1 rings (SSSR count). The Morgan fingerprint density at radius 3 is 2.67 bits per heavy atom. The van der Waals surface area contributed by atoms with Crippen LogP contribution in [-0.4, -0.2) is 35.4 Å². The minimum absolute atomic E-state index is 0.259. The molecular weight excluding hydrogens is 158 g/mol. The van der Waals surface area contributed by atoms with Gasteiger partial charge in [0.1, 0.15) is 6.04 Å². The maximum atomic E-state index is 10.6. The lowest BCUT2D eigenvalue weighted by atomic mass is 10.0. The van der Waals surface area contributed by atoms with Crippen molar-refractivity contribution in [1.82, 2.24) is 5.32 Å². The molecule has 0 spiro atoms. The first kappa shape index (κ1) is 9.48.